The third-order valence-electron chi connectivity index (χ3n) is 3.31. The Balaban J connectivity index is 2.65. The number of nitrogens with zero attached hydrogens (tertiary/aromatic N) is 1. The van der Waals surface area contributed by atoms with Crippen LogP contribution in [0.2, 0.25) is 0 Å². The Morgan fingerprint density at radius 1 is 1.16 bits per heavy atom. The predicted octanol–water partition coefficient (Wildman–Crippen LogP) is 2.50. The smallest absolute Gasteiger partial charge is 0.233 e. The average molecular weight is 262 g/mol. The lowest BCUT2D eigenvalue weighted by Crippen LogP contribution is -2.33. The number of carbonyl (C=O) groups excluding carboxylic acids is 2. The van der Waals surface area contributed by atoms with E-state index in [4.69, 9.17) is 0 Å². The summed E-state index contributed by atoms with van der Waals surface area (Å²) in [6.45, 7) is 9.02. The predicted molar refractivity (Wildman–Crippen MR) is 77.1 cm³/mol. The van der Waals surface area contributed by atoms with Gasteiger partial charge < -0.3 is 10.2 Å². The van der Waals surface area contributed by atoms with Gasteiger partial charge in [-0.05, 0) is 44.9 Å². The van der Waals surface area contributed by atoms with E-state index in [9.17, 15) is 9.59 Å². The highest BCUT2D eigenvalue weighted by Crippen LogP contribution is 2.18. The highest BCUT2D eigenvalue weighted by Gasteiger charge is 2.15. The topological polar surface area (TPSA) is 49.4 Å². The lowest BCUT2D eigenvalue weighted by Gasteiger charge is -2.18. The molecule has 2 amide bonds. The minimum absolute atomic E-state index is 0.102. The van der Waals surface area contributed by atoms with Gasteiger partial charge in [0, 0.05) is 18.8 Å². The molecule has 1 aromatic rings. The normalized spacial score (nSPS) is 10.1. The Bertz CT molecular complexity index is 465. The van der Waals surface area contributed by atoms with Crippen molar-refractivity contribution in [1.29, 1.82) is 0 Å². The Kier molecular flexibility index (Phi) is 5.55. The van der Waals surface area contributed by atoms with Crippen molar-refractivity contribution >= 4 is 17.5 Å². The van der Waals surface area contributed by atoms with Crippen molar-refractivity contribution < 1.29 is 9.59 Å². The van der Waals surface area contributed by atoms with Gasteiger partial charge in [-0.3, -0.25) is 9.59 Å². The fourth-order valence-corrected chi connectivity index (χ4v) is 1.91. The van der Waals surface area contributed by atoms with Crippen molar-refractivity contribution in [2.75, 3.05) is 18.4 Å². The van der Waals surface area contributed by atoms with Crippen molar-refractivity contribution in [3.63, 3.8) is 0 Å². The molecule has 0 atom stereocenters. The highest BCUT2D eigenvalue weighted by molar-refractivity contribution is 6.03. The van der Waals surface area contributed by atoms with E-state index in [1.54, 1.807) is 4.90 Å². The van der Waals surface area contributed by atoms with Crippen molar-refractivity contribution in [3.05, 3.63) is 29.3 Å². The van der Waals surface area contributed by atoms with Crippen molar-refractivity contribution in [2.45, 2.75) is 34.1 Å². The molecule has 0 spiro atoms. The SMILES string of the molecule is CCN(CC)C(=O)CC(=O)Nc1cccc(C)c1C. The van der Waals surface area contributed by atoms with Crippen LogP contribution >= 0.6 is 0 Å². The summed E-state index contributed by atoms with van der Waals surface area (Å²) in [4.78, 5) is 25.3. The summed E-state index contributed by atoms with van der Waals surface area (Å²) in [6, 6.07) is 5.73. The number of anilines is 1. The maximum absolute atomic E-state index is 11.9. The molecule has 0 aromatic heterocycles. The van der Waals surface area contributed by atoms with Gasteiger partial charge in [-0.2, -0.15) is 0 Å². The Morgan fingerprint density at radius 2 is 1.79 bits per heavy atom. The zero-order valence-corrected chi connectivity index (χ0v) is 12.1. The molecule has 0 heterocycles. The van der Waals surface area contributed by atoms with Gasteiger partial charge in [-0.1, -0.05) is 12.1 Å². The Morgan fingerprint density at radius 3 is 2.37 bits per heavy atom. The molecule has 1 N–H and O–H groups in total. The van der Waals surface area contributed by atoms with Crippen LogP contribution in [0.5, 0.6) is 0 Å². The molecule has 0 saturated heterocycles. The van der Waals surface area contributed by atoms with Gasteiger partial charge in [0.1, 0.15) is 6.42 Å². The fourth-order valence-electron chi connectivity index (χ4n) is 1.91. The molecule has 4 nitrogen and oxygen atoms in total. The summed E-state index contributed by atoms with van der Waals surface area (Å²) in [5.41, 5.74) is 2.93. The summed E-state index contributed by atoms with van der Waals surface area (Å²) in [7, 11) is 0. The van der Waals surface area contributed by atoms with E-state index in [-0.39, 0.29) is 18.2 Å². The summed E-state index contributed by atoms with van der Waals surface area (Å²) in [5.74, 6) is -0.390. The molecular formula is C15H22N2O2. The number of benzene rings is 1. The van der Waals surface area contributed by atoms with E-state index in [0.717, 1.165) is 16.8 Å². The molecule has 0 radical (unpaired) electrons. The number of carbonyl (C=O) groups is 2. The van der Waals surface area contributed by atoms with Gasteiger partial charge in [-0.15, -0.1) is 0 Å². The van der Waals surface area contributed by atoms with Crippen molar-refractivity contribution in [1.82, 2.24) is 4.90 Å². The van der Waals surface area contributed by atoms with Gasteiger partial charge in [0.15, 0.2) is 0 Å². The van der Waals surface area contributed by atoms with Crippen LogP contribution in [0, 0.1) is 13.8 Å². The molecule has 0 aliphatic rings. The molecule has 0 bridgehead atoms. The standard InChI is InChI=1S/C15H22N2O2/c1-5-17(6-2)15(19)10-14(18)16-13-9-7-8-11(3)12(13)4/h7-9H,5-6,10H2,1-4H3,(H,16,18). The summed E-state index contributed by atoms with van der Waals surface area (Å²) >= 11 is 0. The first kappa shape index (κ1) is 15.2. The first-order valence-corrected chi connectivity index (χ1v) is 6.63. The third kappa shape index (κ3) is 4.09. The van der Waals surface area contributed by atoms with Crippen LogP contribution in [-0.2, 0) is 9.59 Å². The molecule has 1 rings (SSSR count). The molecule has 1 aromatic carbocycles. The monoisotopic (exact) mass is 262 g/mol. The van der Waals surface area contributed by atoms with Gasteiger partial charge in [-0.25, -0.2) is 0 Å². The summed E-state index contributed by atoms with van der Waals surface area (Å²) in [6.07, 6.45) is -0.102. The summed E-state index contributed by atoms with van der Waals surface area (Å²) in [5, 5.41) is 2.80. The molecule has 0 aliphatic heterocycles. The van der Waals surface area contributed by atoms with E-state index in [2.05, 4.69) is 5.32 Å². The second-order valence-electron chi connectivity index (χ2n) is 4.54. The second-order valence-corrected chi connectivity index (χ2v) is 4.54. The highest BCUT2D eigenvalue weighted by atomic mass is 16.2. The number of rotatable bonds is 5. The molecule has 0 saturated carbocycles. The number of aryl methyl sites for hydroxylation is 1. The third-order valence-corrected chi connectivity index (χ3v) is 3.31. The van der Waals surface area contributed by atoms with Gasteiger partial charge >= 0.3 is 0 Å². The maximum Gasteiger partial charge on any atom is 0.233 e. The minimum Gasteiger partial charge on any atom is -0.343 e. The Labute approximate surface area is 114 Å². The number of nitrogens with one attached hydrogen (secondary N) is 1. The molecule has 0 fully saturated rings. The minimum atomic E-state index is -0.259. The molecule has 19 heavy (non-hydrogen) atoms. The van der Waals surface area contributed by atoms with Crippen LogP contribution < -0.4 is 5.32 Å². The number of hydrogen-bond acceptors (Lipinski definition) is 2. The second kappa shape index (κ2) is 6.92. The van der Waals surface area contributed by atoms with Crippen molar-refractivity contribution in [3.8, 4) is 0 Å². The van der Waals surface area contributed by atoms with E-state index < -0.39 is 0 Å². The maximum atomic E-state index is 11.9. The van der Waals surface area contributed by atoms with Gasteiger partial charge in [0.2, 0.25) is 11.8 Å². The summed E-state index contributed by atoms with van der Waals surface area (Å²) < 4.78 is 0. The number of hydrogen-bond donors (Lipinski definition) is 1. The lowest BCUT2D eigenvalue weighted by molar-refractivity contribution is -0.134. The molecular weight excluding hydrogens is 240 g/mol. The van der Waals surface area contributed by atoms with Gasteiger partial charge in [0.05, 0.1) is 0 Å². The van der Waals surface area contributed by atoms with E-state index in [1.165, 1.54) is 0 Å². The van der Waals surface area contributed by atoms with Crippen LogP contribution in [0.4, 0.5) is 5.69 Å². The average Bonchev–Trinajstić information content (AvgIpc) is 2.36. The van der Waals surface area contributed by atoms with Crippen LogP contribution in [0.3, 0.4) is 0 Å². The first-order valence-electron chi connectivity index (χ1n) is 6.63. The molecule has 0 aliphatic carbocycles. The van der Waals surface area contributed by atoms with Crippen LogP contribution in [0.1, 0.15) is 31.4 Å². The van der Waals surface area contributed by atoms with Crippen LogP contribution in [0.15, 0.2) is 18.2 Å². The fraction of sp³-hybridized carbons (Fsp3) is 0.467. The lowest BCUT2D eigenvalue weighted by atomic mass is 10.1. The molecule has 0 unspecified atom stereocenters. The van der Waals surface area contributed by atoms with Gasteiger partial charge in [0.25, 0.3) is 0 Å². The number of amides is 2. The zero-order valence-electron chi connectivity index (χ0n) is 12.1. The Hall–Kier alpha value is -1.84. The largest absolute Gasteiger partial charge is 0.343 e. The zero-order chi connectivity index (χ0) is 14.4. The van der Waals surface area contributed by atoms with E-state index in [1.807, 2.05) is 45.9 Å². The van der Waals surface area contributed by atoms with Crippen LogP contribution in [0.25, 0.3) is 0 Å². The first-order chi connectivity index (χ1) is 8.99. The van der Waals surface area contributed by atoms with Crippen LogP contribution in [-0.4, -0.2) is 29.8 Å². The molecule has 104 valence electrons. The molecule has 4 heteroatoms. The quantitative estimate of drug-likeness (QED) is 0.829. The van der Waals surface area contributed by atoms with E-state index in [0.29, 0.717) is 13.1 Å². The van der Waals surface area contributed by atoms with E-state index >= 15 is 0 Å². The van der Waals surface area contributed by atoms with Crippen molar-refractivity contribution in [2.24, 2.45) is 0 Å².